The Hall–Kier alpha value is -0.120. The third-order valence-electron chi connectivity index (χ3n) is 1.61. The zero-order chi connectivity index (χ0) is 10.5. The molecule has 13 heavy (non-hydrogen) atoms. The highest BCUT2D eigenvalue weighted by atomic mass is 16.3. The lowest BCUT2D eigenvalue weighted by Gasteiger charge is -2.06. The zero-order valence-corrected chi connectivity index (χ0v) is 8.87. The van der Waals surface area contributed by atoms with Crippen LogP contribution in [0.5, 0.6) is 0 Å². The maximum Gasteiger partial charge on any atom is 0.0662 e. The van der Waals surface area contributed by atoms with Crippen LogP contribution in [-0.2, 0) is 0 Å². The average Bonchev–Trinajstić information content (AvgIpc) is 2.16. The highest BCUT2D eigenvalue weighted by molar-refractivity contribution is 4.52. The molecule has 3 N–H and O–H groups in total. The Morgan fingerprint density at radius 1 is 0.923 bits per heavy atom. The van der Waals surface area contributed by atoms with Gasteiger partial charge in [-0.25, -0.2) is 0 Å². The minimum absolute atomic E-state index is 0.0325. The number of hydrogen-bond donors (Lipinski definition) is 3. The van der Waals surface area contributed by atoms with Crippen molar-refractivity contribution in [2.75, 3.05) is 13.2 Å². The summed E-state index contributed by atoms with van der Waals surface area (Å²) in [5.41, 5.74) is 0. The van der Waals surface area contributed by atoms with Gasteiger partial charge in [0.1, 0.15) is 0 Å². The Bertz CT molecular complexity index is 74.6. The van der Waals surface area contributed by atoms with Crippen molar-refractivity contribution in [3.8, 4) is 0 Å². The molecule has 0 bridgehead atoms. The number of aliphatic hydroxyl groups excluding tert-OH is 3. The highest BCUT2D eigenvalue weighted by Gasteiger charge is 1.99. The van der Waals surface area contributed by atoms with Crippen molar-refractivity contribution >= 4 is 0 Å². The van der Waals surface area contributed by atoms with Gasteiger partial charge in [-0.3, -0.25) is 0 Å². The van der Waals surface area contributed by atoms with Gasteiger partial charge in [0.25, 0.3) is 0 Å². The summed E-state index contributed by atoms with van der Waals surface area (Å²) in [7, 11) is 0. The van der Waals surface area contributed by atoms with Crippen molar-refractivity contribution in [2.24, 2.45) is 0 Å². The van der Waals surface area contributed by atoms with E-state index in [1.165, 1.54) is 12.8 Å². The molecule has 0 heterocycles. The van der Waals surface area contributed by atoms with Crippen molar-refractivity contribution in [3.63, 3.8) is 0 Å². The molecule has 0 aliphatic heterocycles. The van der Waals surface area contributed by atoms with E-state index in [2.05, 4.69) is 13.8 Å². The number of aliphatic hydroxyl groups is 3. The fraction of sp³-hybridized carbons (Fsp3) is 1.00. The van der Waals surface area contributed by atoms with Crippen LogP contribution >= 0.6 is 0 Å². The molecule has 82 valence electrons. The van der Waals surface area contributed by atoms with Crippen LogP contribution in [0.15, 0.2) is 0 Å². The average molecular weight is 192 g/mol. The van der Waals surface area contributed by atoms with Crippen LogP contribution in [0.25, 0.3) is 0 Å². The van der Waals surface area contributed by atoms with Crippen LogP contribution in [0, 0.1) is 0 Å². The van der Waals surface area contributed by atoms with Crippen molar-refractivity contribution in [3.05, 3.63) is 0 Å². The summed E-state index contributed by atoms with van der Waals surface area (Å²) in [5, 5.41) is 24.4. The van der Waals surface area contributed by atoms with Gasteiger partial charge in [0.15, 0.2) is 0 Å². The molecule has 0 aliphatic carbocycles. The molecule has 0 aromatic carbocycles. The molecule has 0 radical (unpaired) electrons. The molecule has 3 heteroatoms. The molecular weight excluding hydrogens is 168 g/mol. The SMILES string of the molecule is CCCCC(O)CCC.OCCO. The van der Waals surface area contributed by atoms with Crippen molar-refractivity contribution in [2.45, 2.75) is 52.1 Å². The lowest BCUT2D eigenvalue weighted by atomic mass is 10.1. The molecule has 1 atom stereocenters. The summed E-state index contributed by atoms with van der Waals surface area (Å²) < 4.78 is 0. The number of rotatable bonds is 6. The molecule has 0 saturated heterocycles. The molecule has 0 spiro atoms. The number of hydrogen-bond acceptors (Lipinski definition) is 3. The molecule has 3 nitrogen and oxygen atoms in total. The van der Waals surface area contributed by atoms with Crippen LogP contribution in [0.3, 0.4) is 0 Å². The summed E-state index contributed by atoms with van der Waals surface area (Å²) in [5.74, 6) is 0. The molecule has 0 amide bonds. The lowest BCUT2D eigenvalue weighted by Crippen LogP contribution is -2.04. The van der Waals surface area contributed by atoms with Crippen LogP contribution in [0.4, 0.5) is 0 Å². The number of unbranched alkanes of at least 4 members (excludes halogenated alkanes) is 1. The Morgan fingerprint density at radius 3 is 1.77 bits per heavy atom. The van der Waals surface area contributed by atoms with Gasteiger partial charge < -0.3 is 15.3 Å². The van der Waals surface area contributed by atoms with Crippen LogP contribution in [0.1, 0.15) is 46.0 Å². The molecule has 1 unspecified atom stereocenters. The van der Waals surface area contributed by atoms with E-state index in [0.717, 1.165) is 19.3 Å². The van der Waals surface area contributed by atoms with Crippen molar-refractivity contribution in [1.82, 2.24) is 0 Å². The standard InChI is InChI=1S/C8H18O.C2H6O2/c1-3-5-7-8(9)6-4-2;3-1-2-4/h8-9H,3-7H2,1-2H3;3-4H,1-2H2. The maximum absolute atomic E-state index is 9.18. The van der Waals surface area contributed by atoms with Gasteiger partial charge >= 0.3 is 0 Å². The Kier molecular flexibility index (Phi) is 17.0. The minimum Gasteiger partial charge on any atom is -0.394 e. The fourth-order valence-corrected chi connectivity index (χ4v) is 0.917. The second kappa shape index (κ2) is 14.4. The smallest absolute Gasteiger partial charge is 0.0662 e. The first kappa shape index (κ1) is 15.4. The Labute approximate surface area is 81.4 Å². The Morgan fingerprint density at radius 2 is 1.46 bits per heavy atom. The van der Waals surface area contributed by atoms with Gasteiger partial charge in [0.2, 0.25) is 0 Å². The largest absolute Gasteiger partial charge is 0.394 e. The minimum atomic E-state index is -0.125. The summed E-state index contributed by atoms with van der Waals surface area (Å²) in [4.78, 5) is 0. The molecule has 0 rings (SSSR count). The summed E-state index contributed by atoms with van der Waals surface area (Å²) in [6.45, 7) is 4.01. The first-order valence-electron chi connectivity index (χ1n) is 5.12. The van der Waals surface area contributed by atoms with Crippen LogP contribution in [-0.4, -0.2) is 34.6 Å². The van der Waals surface area contributed by atoms with Crippen LogP contribution in [0.2, 0.25) is 0 Å². The van der Waals surface area contributed by atoms with E-state index >= 15 is 0 Å². The zero-order valence-electron chi connectivity index (χ0n) is 8.87. The monoisotopic (exact) mass is 192 g/mol. The molecule has 0 saturated carbocycles. The molecule has 0 fully saturated rings. The van der Waals surface area contributed by atoms with Gasteiger partial charge in [-0.1, -0.05) is 33.1 Å². The van der Waals surface area contributed by atoms with E-state index in [9.17, 15) is 5.11 Å². The van der Waals surface area contributed by atoms with E-state index in [4.69, 9.17) is 10.2 Å². The summed E-state index contributed by atoms with van der Waals surface area (Å²) in [6, 6.07) is 0. The quantitative estimate of drug-likeness (QED) is 0.594. The predicted molar refractivity (Wildman–Crippen MR) is 54.6 cm³/mol. The third kappa shape index (κ3) is 18.7. The van der Waals surface area contributed by atoms with Crippen LogP contribution < -0.4 is 0 Å². The van der Waals surface area contributed by atoms with E-state index in [0.29, 0.717) is 0 Å². The Balaban J connectivity index is 0. The van der Waals surface area contributed by atoms with E-state index in [1.807, 2.05) is 0 Å². The van der Waals surface area contributed by atoms with E-state index in [1.54, 1.807) is 0 Å². The van der Waals surface area contributed by atoms with Crippen molar-refractivity contribution < 1.29 is 15.3 Å². The van der Waals surface area contributed by atoms with Gasteiger partial charge in [-0.05, 0) is 12.8 Å². The van der Waals surface area contributed by atoms with Gasteiger partial charge in [0, 0.05) is 0 Å². The van der Waals surface area contributed by atoms with Gasteiger partial charge in [0.05, 0.1) is 19.3 Å². The predicted octanol–water partition coefficient (Wildman–Crippen LogP) is 1.31. The fourth-order valence-electron chi connectivity index (χ4n) is 0.917. The second-order valence-electron chi connectivity index (χ2n) is 3.03. The topological polar surface area (TPSA) is 60.7 Å². The molecule has 0 aromatic rings. The summed E-state index contributed by atoms with van der Waals surface area (Å²) >= 11 is 0. The first-order chi connectivity index (χ1) is 6.22. The van der Waals surface area contributed by atoms with Crippen molar-refractivity contribution in [1.29, 1.82) is 0 Å². The first-order valence-corrected chi connectivity index (χ1v) is 5.12. The second-order valence-corrected chi connectivity index (χ2v) is 3.03. The van der Waals surface area contributed by atoms with E-state index in [-0.39, 0.29) is 19.3 Å². The highest BCUT2D eigenvalue weighted by Crippen LogP contribution is 2.05. The molecular formula is C10H24O3. The third-order valence-corrected chi connectivity index (χ3v) is 1.61. The van der Waals surface area contributed by atoms with Gasteiger partial charge in [-0.2, -0.15) is 0 Å². The normalized spacial score (nSPS) is 11.8. The maximum atomic E-state index is 9.18. The van der Waals surface area contributed by atoms with E-state index < -0.39 is 0 Å². The molecule has 0 aliphatic rings. The summed E-state index contributed by atoms with van der Waals surface area (Å²) in [6.07, 6.45) is 5.40. The molecule has 0 aromatic heterocycles. The van der Waals surface area contributed by atoms with Gasteiger partial charge in [-0.15, -0.1) is 0 Å². The lowest BCUT2D eigenvalue weighted by molar-refractivity contribution is 0.150.